The van der Waals surface area contributed by atoms with Gasteiger partial charge in [0.25, 0.3) is 5.56 Å². The van der Waals surface area contributed by atoms with Gasteiger partial charge in [0.05, 0.1) is 23.7 Å². The first-order valence-electron chi connectivity index (χ1n) is 10.7. The normalized spacial score (nSPS) is 19.5. The van der Waals surface area contributed by atoms with E-state index in [-0.39, 0.29) is 42.2 Å². The standard InChI is InChI=1S/C23H27FN4O3/c1-13-22-18(9-19(24)23(13)27-8-6-15(11-27)14(2)26)20(31-12-17(29)5-7-25)10-21(30)28(22)16-3-4-16/h9-10,14-16H,3-6,8,11-12,26H2,1-2H3/t14-,15+/m0/s1. The van der Waals surface area contributed by atoms with Crippen molar-refractivity contribution in [2.24, 2.45) is 11.7 Å². The van der Waals surface area contributed by atoms with Gasteiger partial charge in [-0.2, -0.15) is 5.26 Å². The van der Waals surface area contributed by atoms with Crippen LogP contribution in [-0.4, -0.2) is 36.1 Å². The highest BCUT2D eigenvalue weighted by molar-refractivity contribution is 5.93. The number of carbonyl (C=O) groups is 1. The predicted molar refractivity (Wildman–Crippen MR) is 116 cm³/mol. The Morgan fingerprint density at radius 2 is 2.13 bits per heavy atom. The lowest BCUT2D eigenvalue weighted by Gasteiger charge is -2.25. The summed E-state index contributed by atoms with van der Waals surface area (Å²) < 4.78 is 22.7. The predicted octanol–water partition coefficient (Wildman–Crippen LogP) is 2.82. The molecule has 2 aromatic rings. The highest BCUT2D eigenvalue weighted by atomic mass is 19.1. The van der Waals surface area contributed by atoms with Crippen molar-refractivity contribution >= 4 is 22.4 Å². The number of pyridine rings is 1. The molecule has 0 amide bonds. The lowest BCUT2D eigenvalue weighted by molar-refractivity contribution is -0.120. The van der Waals surface area contributed by atoms with Crippen molar-refractivity contribution in [3.05, 3.63) is 33.9 Å². The van der Waals surface area contributed by atoms with Gasteiger partial charge in [0.1, 0.15) is 18.2 Å². The molecule has 0 unspecified atom stereocenters. The summed E-state index contributed by atoms with van der Waals surface area (Å²) in [4.78, 5) is 26.7. The number of carbonyl (C=O) groups excluding carboxylic acids is 1. The smallest absolute Gasteiger partial charge is 0.255 e. The van der Waals surface area contributed by atoms with E-state index < -0.39 is 5.78 Å². The summed E-state index contributed by atoms with van der Waals surface area (Å²) in [5.74, 6) is -0.313. The quantitative estimate of drug-likeness (QED) is 0.731. The van der Waals surface area contributed by atoms with Crippen LogP contribution in [0, 0.1) is 30.0 Å². The van der Waals surface area contributed by atoms with Gasteiger partial charge < -0.3 is 19.9 Å². The van der Waals surface area contributed by atoms with Crippen LogP contribution in [0.3, 0.4) is 0 Å². The number of halogens is 1. The fraction of sp³-hybridized carbons (Fsp3) is 0.522. The SMILES string of the molecule is Cc1c(N2CC[C@@H]([C@H](C)N)C2)c(F)cc2c(OCC(=O)CC#N)cc(=O)n(C3CC3)c12. The number of anilines is 1. The Morgan fingerprint density at radius 3 is 2.74 bits per heavy atom. The van der Waals surface area contributed by atoms with Crippen LogP contribution >= 0.6 is 0 Å². The van der Waals surface area contributed by atoms with Gasteiger partial charge in [-0.15, -0.1) is 0 Å². The highest BCUT2D eigenvalue weighted by Gasteiger charge is 2.32. The Hall–Kier alpha value is -2.92. The molecule has 0 radical (unpaired) electrons. The molecule has 1 aromatic carbocycles. The highest BCUT2D eigenvalue weighted by Crippen LogP contribution is 2.42. The first kappa shape index (κ1) is 21.3. The van der Waals surface area contributed by atoms with E-state index in [0.717, 1.165) is 19.3 Å². The third-order valence-electron chi connectivity index (χ3n) is 6.32. The maximum atomic E-state index is 15.4. The van der Waals surface area contributed by atoms with Crippen LogP contribution in [0.1, 0.15) is 44.2 Å². The van der Waals surface area contributed by atoms with Crippen molar-refractivity contribution in [2.45, 2.75) is 51.6 Å². The summed E-state index contributed by atoms with van der Waals surface area (Å²) in [6.45, 7) is 4.86. The van der Waals surface area contributed by atoms with E-state index in [0.29, 0.717) is 41.2 Å². The molecule has 1 aliphatic heterocycles. The molecule has 0 bridgehead atoms. The minimum Gasteiger partial charge on any atom is -0.485 e. The van der Waals surface area contributed by atoms with Gasteiger partial charge in [-0.1, -0.05) is 0 Å². The van der Waals surface area contributed by atoms with Crippen molar-refractivity contribution in [3.63, 3.8) is 0 Å². The second kappa shape index (κ2) is 8.31. The zero-order valence-corrected chi connectivity index (χ0v) is 17.9. The Morgan fingerprint density at radius 1 is 1.39 bits per heavy atom. The fourth-order valence-electron chi connectivity index (χ4n) is 4.54. The number of aryl methyl sites for hydroxylation is 1. The first-order valence-corrected chi connectivity index (χ1v) is 10.7. The van der Waals surface area contributed by atoms with E-state index in [9.17, 15) is 9.59 Å². The minimum absolute atomic E-state index is 0.0319. The molecule has 31 heavy (non-hydrogen) atoms. The number of fused-ring (bicyclic) bond motifs is 1. The van der Waals surface area contributed by atoms with Gasteiger partial charge in [0.15, 0.2) is 5.78 Å². The summed E-state index contributed by atoms with van der Waals surface area (Å²) in [5.41, 5.74) is 7.68. The van der Waals surface area contributed by atoms with Gasteiger partial charge in [0, 0.05) is 36.6 Å². The maximum absolute atomic E-state index is 15.4. The zero-order chi connectivity index (χ0) is 22.3. The topological polar surface area (TPSA) is 101 Å². The molecule has 1 aliphatic carbocycles. The molecule has 0 spiro atoms. The number of rotatable bonds is 7. The second-order valence-electron chi connectivity index (χ2n) is 8.69. The molecule has 2 aliphatic rings. The number of aromatic nitrogens is 1. The van der Waals surface area contributed by atoms with Crippen molar-refractivity contribution in [1.82, 2.24) is 4.57 Å². The van der Waals surface area contributed by atoms with Gasteiger partial charge in [0.2, 0.25) is 0 Å². The molecular formula is C23H27FN4O3. The van der Waals surface area contributed by atoms with E-state index in [2.05, 4.69) is 0 Å². The van der Waals surface area contributed by atoms with Crippen LogP contribution in [0.5, 0.6) is 5.75 Å². The number of nitriles is 1. The number of nitrogens with zero attached hydrogens (tertiary/aromatic N) is 3. The number of Topliss-reactive ketones (excluding diaryl/α,β-unsaturated/α-hetero) is 1. The van der Waals surface area contributed by atoms with E-state index in [4.69, 9.17) is 15.7 Å². The van der Waals surface area contributed by atoms with Crippen LogP contribution in [0.25, 0.3) is 10.9 Å². The van der Waals surface area contributed by atoms with Crippen molar-refractivity contribution in [2.75, 3.05) is 24.6 Å². The van der Waals surface area contributed by atoms with E-state index in [1.54, 1.807) is 10.6 Å². The van der Waals surface area contributed by atoms with Crippen LogP contribution in [0.2, 0.25) is 0 Å². The molecule has 2 atom stereocenters. The van der Waals surface area contributed by atoms with Crippen LogP contribution < -0.4 is 20.9 Å². The molecule has 1 aromatic heterocycles. The minimum atomic E-state index is -0.394. The molecule has 164 valence electrons. The van der Waals surface area contributed by atoms with Crippen molar-refractivity contribution in [1.29, 1.82) is 5.26 Å². The third-order valence-corrected chi connectivity index (χ3v) is 6.32. The van der Waals surface area contributed by atoms with Gasteiger partial charge in [-0.25, -0.2) is 4.39 Å². The number of hydrogen-bond donors (Lipinski definition) is 1. The van der Waals surface area contributed by atoms with E-state index >= 15 is 4.39 Å². The number of nitrogens with two attached hydrogens (primary N) is 1. The molecule has 2 N–H and O–H groups in total. The molecule has 7 nitrogen and oxygen atoms in total. The zero-order valence-electron chi connectivity index (χ0n) is 17.9. The lowest BCUT2D eigenvalue weighted by atomic mass is 10.0. The summed E-state index contributed by atoms with van der Waals surface area (Å²) in [5, 5.41) is 9.14. The van der Waals surface area contributed by atoms with E-state index in [1.165, 1.54) is 12.1 Å². The van der Waals surface area contributed by atoms with E-state index in [1.807, 2.05) is 18.7 Å². The number of ether oxygens (including phenoxy) is 1. The summed E-state index contributed by atoms with van der Waals surface area (Å²) in [7, 11) is 0. The van der Waals surface area contributed by atoms with Crippen LogP contribution in [0.15, 0.2) is 16.9 Å². The summed E-state index contributed by atoms with van der Waals surface area (Å²) >= 11 is 0. The Balaban J connectivity index is 1.83. The first-order chi connectivity index (χ1) is 14.8. The maximum Gasteiger partial charge on any atom is 0.255 e. The fourth-order valence-corrected chi connectivity index (χ4v) is 4.54. The molecular weight excluding hydrogens is 399 g/mol. The summed E-state index contributed by atoms with van der Waals surface area (Å²) in [6.07, 6.45) is 2.43. The third kappa shape index (κ3) is 4.02. The number of hydrogen-bond acceptors (Lipinski definition) is 6. The molecule has 2 fully saturated rings. The Kier molecular flexibility index (Phi) is 5.71. The van der Waals surface area contributed by atoms with Crippen LogP contribution in [0.4, 0.5) is 10.1 Å². The van der Waals surface area contributed by atoms with Gasteiger partial charge >= 0.3 is 0 Å². The lowest BCUT2D eigenvalue weighted by Crippen LogP contribution is -2.30. The molecule has 4 rings (SSSR count). The number of ketones is 1. The van der Waals surface area contributed by atoms with Gasteiger partial charge in [-0.05, 0) is 50.7 Å². The molecule has 1 saturated carbocycles. The largest absolute Gasteiger partial charge is 0.485 e. The van der Waals surface area contributed by atoms with Crippen LogP contribution in [-0.2, 0) is 4.79 Å². The second-order valence-corrected chi connectivity index (χ2v) is 8.69. The average Bonchev–Trinajstić information content (AvgIpc) is 3.43. The Labute approximate surface area is 180 Å². The Bertz CT molecular complexity index is 1130. The van der Waals surface area contributed by atoms with Crippen molar-refractivity contribution in [3.8, 4) is 11.8 Å². The number of benzene rings is 1. The summed E-state index contributed by atoms with van der Waals surface area (Å²) in [6, 6.07) is 4.63. The molecule has 1 saturated heterocycles. The molecule has 2 heterocycles. The van der Waals surface area contributed by atoms with Gasteiger partial charge in [-0.3, -0.25) is 9.59 Å². The molecule has 8 heteroatoms. The van der Waals surface area contributed by atoms with Crippen molar-refractivity contribution < 1.29 is 13.9 Å². The monoisotopic (exact) mass is 426 g/mol. The average molecular weight is 426 g/mol.